The number of hydrogen-bond donors (Lipinski definition) is 1. The van der Waals surface area contributed by atoms with Gasteiger partial charge in [-0.3, -0.25) is 4.79 Å². The van der Waals surface area contributed by atoms with Crippen LogP contribution in [-0.4, -0.2) is 22.4 Å². The second kappa shape index (κ2) is 9.13. The minimum atomic E-state index is -0.149. The summed E-state index contributed by atoms with van der Waals surface area (Å²) in [6, 6.07) is 17.8. The summed E-state index contributed by atoms with van der Waals surface area (Å²) >= 11 is 7.31. The van der Waals surface area contributed by atoms with Gasteiger partial charge < -0.3 is 4.57 Å². The molecule has 0 spiro atoms. The molecule has 4 nitrogen and oxygen atoms in total. The van der Waals surface area contributed by atoms with Crippen LogP contribution in [-0.2, 0) is 4.79 Å². The standard InChI is InChI=1S/C22H22ClN3OS/c1-15-5-4-6-20(11-15)26-16(2)12-18(17(26)3)13-24-25-22(27)14-28-21-9-7-19(23)8-10-21/h4-13H,14H2,1-3H3,(H,25,27)/b24-13+. The van der Waals surface area contributed by atoms with Crippen molar-refractivity contribution in [1.29, 1.82) is 0 Å². The molecule has 0 aliphatic rings. The summed E-state index contributed by atoms with van der Waals surface area (Å²) < 4.78 is 2.19. The van der Waals surface area contributed by atoms with Gasteiger partial charge >= 0.3 is 0 Å². The van der Waals surface area contributed by atoms with E-state index in [-0.39, 0.29) is 5.91 Å². The van der Waals surface area contributed by atoms with E-state index >= 15 is 0 Å². The molecule has 0 aliphatic heterocycles. The van der Waals surface area contributed by atoms with Crippen molar-refractivity contribution < 1.29 is 4.79 Å². The zero-order valence-corrected chi connectivity index (χ0v) is 17.6. The molecule has 3 aromatic rings. The molecule has 0 bridgehead atoms. The molecule has 0 unspecified atom stereocenters. The lowest BCUT2D eigenvalue weighted by molar-refractivity contribution is -0.118. The molecule has 6 heteroatoms. The van der Waals surface area contributed by atoms with Gasteiger partial charge in [-0.15, -0.1) is 11.8 Å². The Balaban J connectivity index is 1.62. The van der Waals surface area contributed by atoms with E-state index in [4.69, 9.17) is 11.6 Å². The zero-order chi connectivity index (χ0) is 20.1. The lowest BCUT2D eigenvalue weighted by atomic mass is 10.2. The fourth-order valence-electron chi connectivity index (χ4n) is 2.97. The van der Waals surface area contributed by atoms with Gasteiger partial charge in [0.15, 0.2) is 0 Å². The van der Waals surface area contributed by atoms with Gasteiger partial charge in [0.05, 0.1) is 12.0 Å². The summed E-state index contributed by atoms with van der Waals surface area (Å²) in [4.78, 5) is 13.0. The SMILES string of the molecule is Cc1cccc(-n2c(C)cc(/C=N/NC(=O)CSc3ccc(Cl)cc3)c2C)c1. The van der Waals surface area contributed by atoms with Crippen molar-refractivity contribution >= 4 is 35.5 Å². The number of amides is 1. The van der Waals surface area contributed by atoms with E-state index in [9.17, 15) is 4.79 Å². The highest BCUT2D eigenvalue weighted by Gasteiger charge is 2.09. The predicted octanol–water partition coefficient (Wildman–Crippen LogP) is 5.30. The van der Waals surface area contributed by atoms with Crippen molar-refractivity contribution in [3.63, 3.8) is 0 Å². The summed E-state index contributed by atoms with van der Waals surface area (Å²) in [5.74, 6) is 0.144. The average molecular weight is 412 g/mol. The van der Waals surface area contributed by atoms with Gasteiger partial charge in [0.1, 0.15) is 0 Å². The van der Waals surface area contributed by atoms with Crippen LogP contribution >= 0.6 is 23.4 Å². The van der Waals surface area contributed by atoms with Crippen molar-refractivity contribution in [1.82, 2.24) is 9.99 Å². The monoisotopic (exact) mass is 411 g/mol. The summed E-state index contributed by atoms with van der Waals surface area (Å²) in [7, 11) is 0. The number of halogens is 1. The number of hydrazone groups is 1. The van der Waals surface area contributed by atoms with Crippen LogP contribution < -0.4 is 5.43 Å². The topological polar surface area (TPSA) is 46.4 Å². The molecule has 0 radical (unpaired) electrons. The fourth-order valence-corrected chi connectivity index (χ4v) is 3.79. The van der Waals surface area contributed by atoms with Crippen LogP contribution in [0.25, 0.3) is 5.69 Å². The normalized spacial score (nSPS) is 11.1. The van der Waals surface area contributed by atoms with Crippen LogP contribution in [0, 0.1) is 20.8 Å². The third-order valence-electron chi connectivity index (χ3n) is 4.31. The predicted molar refractivity (Wildman–Crippen MR) is 118 cm³/mol. The van der Waals surface area contributed by atoms with Gasteiger partial charge in [-0.05, 0) is 68.8 Å². The number of aromatic nitrogens is 1. The Morgan fingerprint density at radius 3 is 2.61 bits per heavy atom. The minimum absolute atomic E-state index is 0.149. The molecule has 0 fully saturated rings. The van der Waals surface area contributed by atoms with Gasteiger partial charge in [-0.2, -0.15) is 5.10 Å². The molecule has 144 valence electrons. The van der Waals surface area contributed by atoms with Crippen molar-refractivity contribution in [2.75, 3.05) is 5.75 Å². The first-order valence-electron chi connectivity index (χ1n) is 8.90. The summed E-state index contributed by atoms with van der Waals surface area (Å²) in [5.41, 5.74) is 8.11. The number of hydrogen-bond acceptors (Lipinski definition) is 3. The van der Waals surface area contributed by atoms with E-state index in [0.29, 0.717) is 10.8 Å². The van der Waals surface area contributed by atoms with Gasteiger partial charge in [-0.25, -0.2) is 5.43 Å². The van der Waals surface area contributed by atoms with Crippen molar-refractivity contribution in [3.8, 4) is 5.69 Å². The van der Waals surface area contributed by atoms with Gasteiger partial charge in [-0.1, -0.05) is 23.7 Å². The molecule has 0 saturated heterocycles. The highest BCUT2D eigenvalue weighted by Crippen LogP contribution is 2.21. The highest BCUT2D eigenvalue weighted by atomic mass is 35.5. The van der Waals surface area contributed by atoms with Crippen molar-refractivity contribution in [2.45, 2.75) is 25.7 Å². The molecule has 2 aromatic carbocycles. The molecule has 28 heavy (non-hydrogen) atoms. The maximum Gasteiger partial charge on any atom is 0.250 e. The second-order valence-electron chi connectivity index (χ2n) is 6.54. The van der Waals surface area contributed by atoms with Crippen LogP contribution in [0.3, 0.4) is 0 Å². The number of thioether (sulfide) groups is 1. The smallest absolute Gasteiger partial charge is 0.250 e. The number of nitrogens with zero attached hydrogens (tertiary/aromatic N) is 2. The molecule has 0 saturated carbocycles. The number of carbonyl (C=O) groups excluding carboxylic acids is 1. The summed E-state index contributed by atoms with van der Waals surface area (Å²) in [5, 5.41) is 4.80. The lowest BCUT2D eigenvalue weighted by Crippen LogP contribution is -2.19. The quantitative estimate of drug-likeness (QED) is 0.340. The summed E-state index contributed by atoms with van der Waals surface area (Å²) in [6.45, 7) is 6.19. The second-order valence-corrected chi connectivity index (χ2v) is 8.02. The van der Waals surface area contributed by atoms with Crippen LogP contribution in [0.15, 0.2) is 64.6 Å². The molecule has 1 heterocycles. The van der Waals surface area contributed by atoms with Gasteiger partial charge in [0.2, 0.25) is 5.91 Å². The molecule has 1 N–H and O–H groups in total. The third kappa shape index (κ3) is 5.06. The van der Waals surface area contributed by atoms with E-state index in [2.05, 4.69) is 66.2 Å². The van der Waals surface area contributed by atoms with E-state index in [1.54, 1.807) is 6.21 Å². The van der Waals surface area contributed by atoms with Crippen LogP contribution in [0.4, 0.5) is 0 Å². The van der Waals surface area contributed by atoms with Crippen molar-refractivity contribution in [3.05, 3.63) is 82.1 Å². The van der Waals surface area contributed by atoms with Crippen molar-refractivity contribution in [2.24, 2.45) is 5.10 Å². The first-order valence-corrected chi connectivity index (χ1v) is 10.3. The highest BCUT2D eigenvalue weighted by molar-refractivity contribution is 8.00. The lowest BCUT2D eigenvalue weighted by Gasteiger charge is -2.10. The number of carbonyl (C=O) groups is 1. The van der Waals surface area contributed by atoms with Gasteiger partial charge in [0.25, 0.3) is 0 Å². The number of aryl methyl sites for hydroxylation is 2. The van der Waals surface area contributed by atoms with E-state index in [1.807, 2.05) is 24.3 Å². The Morgan fingerprint density at radius 1 is 1.14 bits per heavy atom. The number of benzene rings is 2. The third-order valence-corrected chi connectivity index (χ3v) is 5.57. The van der Waals surface area contributed by atoms with Crippen LogP contribution in [0.1, 0.15) is 22.5 Å². The van der Waals surface area contributed by atoms with E-state index in [1.165, 1.54) is 17.3 Å². The molecule has 1 aromatic heterocycles. The Bertz CT molecular complexity index is 1010. The fraction of sp³-hybridized carbons (Fsp3) is 0.182. The Hall–Kier alpha value is -2.50. The molecular weight excluding hydrogens is 390 g/mol. The maximum absolute atomic E-state index is 12.0. The molecule has 1 amide bonds. The largest absolute Gasteiger partial charge is 0.318 e. The Morgan fingerprint density at radius 2 is 1.89 bits per heavy atom. The Kier molecular flexibility index (Phi) is 6.60. The molecular formula is C22H22ClN3OS. The average Bonchev–Trinajstić information content (AvgIpc) is 2.95. The van der Waals surface area contributed by atoms with E-state index in [0.717, 1.165) is 27.5 Å². The number of rotatable bonds is 6. The van der Waals surface area contributed by atoms with Crippen LogP contribution in [0.2, 0.25) is 5.02 Å². The molecule has 0 atom stereocenters. The molecule has 0 aliphatic carbocycles. The van der Waals surface area contributed by atoms with E-state index < -0.39 is 0 Å². The maximum atomic E-state index is 12.0. The first-order chi connectivity index (χ1) is 13.4. The Labute approximate surface area is 174 Å². The summed E-state index contributed by atoms with van der Waals surface area (Å²) in [6.07, 6.45) is 1.69. The minimum Gasteiger partial charge on any atom is -0.318 e. The first kappa shape index (κ1) is 20.2. The van der Waals surface area contributed by atoms with Gasteiger partial charge in [0, 0.05) is 32.6 Å². The van der Waals surface area contributed by atoms with Crippen LogP contribution in [0.5, 0.6) is 0 Å². The number of nitrogens with one attached hydrogen (secondary N) is 1. The zero-order valence-electron chi connectivity index (χ0n) is 16.1. The molecule has 3 rings (SSSR count).